The van der Waals surface area contributed by atoms with Crippen molar-refractivity contribution in [2.45, 2.75) is 29.0 Å². The Morgan fingerprint density at radius 2 is 1.92 bits per heavy atom. The van der Waals surface area contributed by atoms with Gasteiger partial charge in [0.2, 0.25) is 0 Å². The van der Waals surface area contributed by atoms with Crippen LogP contribution in [0.1, 0.15) is 23.2 Å². The number of hydrogen-bond donors (Lipinski definition) is 2. The number of imidazole rings is 1. The molecule has 2 N–H and O–H groups in total. The molecule has 3 aromatic rings. The molecule has 0 radical (unpaired) electrons. The van der Waals surface area contributed by atoms with E-state index in [9.17, 15) is 15.0 Å². The van der Waals surface area contributed by atoms with Gasteiger partial charge in [0, 0.05) is 17.5 Å². The van der Waals surface area contributed by atoms with Crippen LogP contribution in [0.15, 0.2) is 59.8 Å². The van der Waals surface area contributed by atoms with E-state index in [0.29, 0.717) is 10.7 Å². The van der Waals surface area contributed by atoms with Crippen LogP contribution in [0.4, 0.5) is 0 Å². The zero-order chi connectivity index (χ0) is 17.9. The Morgan fingerprint density at radius 1 is 1.19 bits per heavy atom. The molecule has 130 valence electrons. The van der Waals surface area contributed by atoms with Gasteiger partial charge in [0.05, 0.1) is 23.1 Å². The number of aromatic nitrogens is 2. The predicted molar refractivity (Wildman–Crippen MR) is 98.1 cm³/mol. The van der Waals surface area contributed by atoms with E-state index in [1.165, 1.54) is 17.3 Å². The molecule has 6 heteroatoms. The minimum Gasteiger partial charge on any atom is -0.481 e. The van der Waals surface area contributed by atoms with Gasteiger partial charge in [-0.15, -0.1) is 0 Å². The van der Waals surface area contributed by atoms with E-state index < -0.39 is 16.9 Å². The number of aliphatic hydroxyl groups is 1. The highest BCUT2D eigenvalue weighted by Gasteiger charge is 2.52. The predicted octanol–water partition coefficient (Wildman–Crippen LogP) is 3.10. The molecule has 5 rings (SSSR count). The lowest BCUT2D eigenvalue weighted by atomic mass is 9.96. The summed E-state index contributed by atoms with van der Waals surface area (Å²) in [4.78, 5) is 16.2. The summed E-state index contributed by atoms with van der Waals surface area (Å²) in [5.41, 5.74) is 3.33. The van der Waals surface area contributed by atoms with Crippen molar-refractivity contribution in [1.29, 1.82) is 0 Å². The Balaban J connectivity index is 1.75. The molecule has 2 aliphatic rings. The fourth-order valence-electron chi connectivity index (χ4n) is 4.02. The summed E-state index contributed by atoms with van der Waals surface area (Å²) in [7, 11) is 0. The molecule has 0 amide bonds. The monoisotopic (exact) mass is 364 g/mol. The first-order valence-corrected chi connectivity index (χ1v) is 9.33. The van der Waals surface area contributed by atoms with E-state index in [0.717, 1.165) is 23.4 Å². The number of hydrogen-bond acceptors (Lipinski definition) is 4. The van der Waals surface area contributed by atoms with Crippen LogP contribution in [0.3, 0.4) is 0 Å². The standard InChI is InChI=1S/C20H16N2O3S/c23-17(24)11-16-20(25,13-7-2-1-3-8-13)22-18-14-9-5-4-6-12(14)10-15(18)21-19(22)26-16/h1-9,16,25H,10-11H2,(H,23,24). The minimum absolute atomic E-state index is 0.143. The Morgan fingerprint density at radius 3 is 2.69 bits per heavy atom. The fourth-order valence-corrected chi connectivity index (χ4v) is 5.40. The van der Waals surface area contributed by atoms with Crippen LogP contribution in [0.25, 0.3) is 11.3 Å². The van der Waals surface area contributed by atoms with Gasteiger partial charge in [-0.1, -0.05) is 66.4 Å². The molecule has 1 aliphatic heterocycles. The minimum atomic E-state index is -1.45. The van der Waals surface area contributed by atoms with Crippen LogP contribution in [-0.2, 0) is 16.9 Å². The maximum absolute atomic E-state index is 11.8. The van der Waals surface area contributed by atoms with Crippen molar-refractivity contribution in [3.8, 4) is 11.3 Å². The van der Waals surface area contributed by atoms with E-state index >= 15 is 0 Å². The number of carbonyl (C=O) groups is 1. The van der Waals surface area contributed by atoms with Gasteiger partial charge in [-0.25, -0.2) is 4.98 Å². The molecule has 2 heterocycles. The Hall–Kier alpha value is -2.57. The summed E-state index contributed by atoms with van der Waals surface area (Å²) in [5, 5.41) is 21.4. The van der Waals surface area contributed by atoms with Crippen molar-refractivity contribution in [3.63, 3.8) is 0 Å². The average molecular weight is 364 g/mol. The molecule has 26 heavy (non-hydrogen) atoms. The Labute approximate surface area is 154 Å². The van der Waals surface area contributed by atoms with Gasteiger partial charge < -0.3 is 10.2 Å². The van der Waals surface area contributed by atoms with Crippen molar-refractivity contribution in [1.82, 2.24) is 9.55 Å². The summed E-state index contributed by atoms with van der Waals surface area (Å²) in [6.07, 6.45) is 0.594. The lowest BCUT2D eigenvalue weighted by molar-refractivity contribution is -0.138. The van der Waals surface area contributed by atoms with Crippen LogP contribution in [0.5, 0.6) is 0 Å². The summed E-state index contributed by atoms with van der Waals surface area (Å²) >= 11 is 1.35. The average Bonchev–Trinajstić information content (AvgIpc) is 3.23. The zero-order valence-corrected chi connectivity index (χ0v) is 14.6. The molecule has 0 spiro atoms. The third kappa shape index (κ3) is 2.03. The number of carboxylic acid groups (broad SMARTS) is 1. The van der Waals surface area contributed by atoms with Crippen LogP contribution >= 0.6 is 11.8 Å². The molecule has 0 saturated heterocycles. The maximum atomic E-state index is 11.8. The summed E-state index contributed by atoms with van der Waals surface area (Å²) in [5.74, 6) is -0.931. The maximum Gasteiger partial charge on any atom is 0.304 e. The second-order valence-electron chi connectivity index (χ2n) is 6.66. The zero-order valence-electron chi connectivity index (χ0n) is 13.8. The van der Waals surface area contributed by atoms with Crippen molar-refractivity contribution in [2.75, 3.05) is 0 Å². The molecule has 5 nitrogen and oxygen atoms in total. The quantitative estimate of drug-likeness (QED) is 0.584. The normalized spacial score (nSPS) is 22.7. The molecular weight excluding hydrogens is 348 g/mol. The number of carboxylic acids is 1. The number of aliphatic carboxylic acids is 1. The number of fused-ring (bicyclic) bond motifs is 5. The van der Waals surface area contributed by atoms with E-state index in [4.69, 9.17) is 4.98 Å². The highest BCUT2D eigenvalue weighted by atomic mass is 32.2. The second-order valence-corrected chi connectivity index (χ2v) is 7.83. The number of benzene rings is 2. The molecule has 2 atom stereocenters. The van der Waals surface area contributed by atoms with Gasteiger partial charge in [0.25, 0.3) is 0 Å². The fraction of sp³-hybridized carbons (Fsp3) is 0.200. The number of nitrogens with zero attached hydrogens (tertiary/aromatic N) is 2. The lowest BCUT2D eigenvalue weighted by Gasteiger charge is -2.32. The van der Waals surface area contributed by atoms with Crippen molar-refractivity contribution < 1.29 is 15.0 Å². The summed E-state index contributed by atoms with van der Waals surface area (Å²) in [6.45, 7) is 0. The molecule has 0 fully saturated rings. The van der Waals surface area contributed by atoms with Gasteiger partial charge in [-0.3, -0.25) is 9.36 Å². The first-order chi connectivity index (χ1) is 12.6. The molecule has 2 aromatic carbocycles. The molecule has 0 saturated carbocycles. The molecule has 2 unspecified atom stereocenters. The smallest absolute Gasteiger partial charge is 0.304 e. The van der Waals surface area contributed by atoms with Crippen LogP contribution in [-0.4, -0.2) is 31.0 Å². The summed E-state index contributed by atoms with van der Waals surface area (Å²) < 4.78 is 1.85. The van der Waals surface area contributed by atoms with Crippen LogP contribution < -0.4 is 0 Å². The molecular formula is C20H16N2O3S. The van der Waals surface area contributed by atoms with Gasteiger partial charge >= 0.3 is 5.97 Å². The van der Waals surface area contributed by atoms with E-state index in [1.807, 2.05) is 53.1 Å². The van der Waals surface area contributed by atoms with Gasteiger partial charge in [-0.05, 0) is 5.56 Å². The Kier molecular flexibility index (Phi) is 3.29. The highest BCUT2D eigenvalue weighted by molar-refractivity contribution is 8.00. The van der Waals surface area contributed by atoms with Gasteiger partial charge in [0.15, 0.2) is 10.9 Å². The second kappa shape index (κ2) is 5.46. The van der Waals surface area contributed by atoms with Crippen LogP contribution in [0.2, 0.25) is 0 Å². The van der Waals surface area contributed by atoms with E-state index in [2.05, 4.69) is 6.07 Å². The lowest BCUT2D eigenvalue weighted by Crippen LogP contribution is -2.42. The highest BCUT2D eigenvalue weighted by Crippen LogP contribution is 2.53. The van der Waals surface area contributed by atoms with Gasteiger partial charge in [-0.2, -0.15) is 0 Å². The molecule has 1 aliphatic carbocycles. The number of rotatable bonds is 3. The van der Waals surface area contributed by atoms with Crippen LogP contribution in [0, 0.1) is 0 Å². The topological polar surface area (TPSA) is 75.3 Å². The SMILES string of the molecule is O=C(O)CC1Sc2nc3c(n2C1(O)c1ccccc1)-c1ccccc1C3. The van der Waals surface area contributed by atoms with E-state index in [-0.39, 0.29) is 6.42 Å². The van der Waals surface area contributed by atoms with Gasteiger partial charge in [0.1, 0.15) is 0 Å². The third-order valence-electron chi connectivity index (χ3n) is 5.15. The third-order valence-corrected chi connectivity index (χ3v) is 6.41. The van der Waals surface area contributed by atoms with Crippen molar-refractivity contribution >= 4 is 17.7 Å². The first-order valence-electron chi connectivity index (χ1n) is 8.45. The Bertz CT molecular complexity index is 1030. The first kappa shape index (κ1) is 15.7. The molecule has 0 bridgehead atoms. The number of thioether (sulfide) groups is 1. The largest absolute Gasteiger partial charge is 0.481 e. The van der Waals surface area contributed by atoms with Crippen molar-refractivity contribution in [3.05, 3.63) is 71.4 Å². The molecule has 1 aromatic heterocycles. The van der Waals surface area contributed by atoms with Crippen molar-refractivity contribution in [2.24, 2.45) is 0 Å². The van der Waals surface area contributed by atoms with E-state index in [1.54, 1.807) is 0 Å². The summed E-state index contributed by atoms with van der Waals surface area (Å²) in [6, 6.07) is 17.4.